The van der Waals surface area contributed by atoms with E-state index in [1.54, 1.807) is 41.3 Å². The fourth-order valence-electron chi connectivity index (χ4n) is 3.97. The van der Waals surface area contributed by atoms with Crippen molar-refractivity contribution in [1.82, 2.24) is 0 Å². The number of amides is 1. The summed E-state index contributed by atoms with van der Waals surface area (Å²) in [5.74, 6) is 1.33. The van der Waals surface area contributed by atoms with Gasteiger partial charge in [-0.2, -0.15) is 0 Å². The van der Waals surface area contributed by atoms with Crippen molar-refractivity contribution in [2.24, 2.45) is 0 Å². The molecule has 0 fully saturated rings. The van der Waals surface area contributed by atoms with Crippen LogP contribution in [0, 0.1) is 0 Å². The number of hydrogen-bond acceptors (Lipinski definition) is 3. The number of ether oxygens (including phenoxy) is 1. The number of para-hydroxylation sites is 2. The first-order chi connectivity index (χ1) is 15.2. The largest absolute Gasteiger partial charge is 0.455 e. The number of anilines is 1. The van der Waals surface area contributed by atoms with E-state index in [0.29, 0.717) is 29.0 Å². The van der Waals surface area contributed by atoms with Gasteiger partial charge in [-0.15, -0.1) is 0 Å². The van der Waals surface area contributed by atoms with Crippen LogP contribution in [0.15, 0.2) is 102 Å². The van der Waals surface area contributed by atoms with Gasteiger partial charge >= 0.3 is 0 Å². The summed E-state index contributed by atoms with van der Waals surface area (Å²) < 4.78 is 6.13. The minimum absolute atomic E-state index is 0.0584. The van der Waals surface area contributed by atoms with Crippen molar-refractivity contribution in [3.8, 4) is 5.75 Å². The van der Waals surface area contributed by atoms with Gasteiger partial charge in [0.25, 0.3) is 5.91 Å². The Kier molecular flexibility index (Phi) is 4.97. The Morgan fingerprint density at radius 1 is 0.774 bits per heavy atom. The maximum Gasteiger partial charge on any atom is 0.258 e. The Hall–Kier alpha value is -3.92. The average molecular weight is 407 g/mol. The molecule has 4 heteroatoms. The lowest BCUT2D eigenvalue weighted by Crippen LogP contribution is -2.32. The van der Waals surface area contributed by atoms with Crippen LogP contribution in [0.1, 0.15) is 39.1 Å². The molecule has 0 unspecified atom stereocenters. The number of nitrogens with zero attached hydrogens (tertiary/aromatic N) is 1. The molecule has 0 atom stereocenters. The standard InChI is InChI=1S/C27H21NO3/c29-26(19-8-2-1-3-9-19)20-14-16-21(17-15-20)27(30)28-18-22-10-4-6-12-24(22)31-25-13-7-5-11-23(25)28/h1-3,5-9,11-17H,4,10,18H2. The van der Waals surface area contributed by atoms with Crippen molar-refractivity contribution in [1.29, 1.82) is 0 Å². The molecule has 0 saturated heterocycles. The monoisotopic (exact) mass is 407 g/mol. The van der Waals surface area contributed by atoms with E-state index in [9.17, 15) is 9.59 Å². The molecule has 4 nitrogen and oxygen atoms in total. The van der Waals surface area contributed by atoms with Crippen molar-refractivity contribution in [2.75, 3.05) is 11.4 Å². The van der Waals surface area contributed by atoms with Gasteiger partial charge in [0.1, 0.15) is 5.76 Å². The molecule has 1 aliphatic heterocycles. The molecule has 1 aliphatic carbocycles. The lowest BCUT2D eigenvalue weighted by atomic mass is 10.0. The first-order valence-corrected chi connectivity index (χ1v) is 10.4. The Labute approximate surface area is 181 Å². The molecule has 0 aromatic heterocycles. The molecule has 0 radical (unpaired) electrons. The minimum atomic E-state index is -0.113. The van der Waals surface area contributed by atoms with E-state index in [4.69, 9.17) is 4.74 Å². The molecular formula is C27H21NO3. The molecule has 0 spiro atoms. The van der Waals surface area contributed by atoms with E-state index in [2.05, 4.69) is 6.08 Å². The third-order valence-corrected chi connectivity index (χ3v) is 5.63. The average Bonchev–Trinajstić information content (AvgIpc) is 3.00. The summed E-state index contributed by atoms with van der Waals surface area (Å²) in [6.07, 6.45) is 5.90. The molecule has 152 valence electrons. The van der Waals surface area contributed by atoms with Crippen LogP contribution in [0.3, 0.4) is 0 Å². The van der Waals surface area contributed by atoms with Gasteiger partial charge < -0.3 is 9.64 Å². The summed E-state index contributed by atoms with van der Waals surface area (Å²) in [7, 11) is 0. The summed E-state index contributed by atoms with van der Waals surface area (Å²) >= 11 is 0. The maximum atomic E-state index is 13.5. The lowest BCUT2D eigenvalue weighted by Gasteiger charge is -2.23. The van der Waals surface area contributed by atoms with Crippen LogP contribution in [-0.2, 0) is 0 Å². The molecule has 1 heterocycles. The van der Waals surface area contributed by atoms with E-state index in [0.717, 1.165) is 29.9 Å². The van der Waals surface area contributed by atoms with Crippen LogP contribution in [0.4, 0.5) is 5.69 Å². The van der Waals surface area contributed by atoms with E-state index >= 15 is 0 Å². The summed E-state index contributed by atoms with van der Waals surface area (Å²) in [5.41, 5.74) is 3.59. The second kappa shape index (κ2) is 8.07. The molecule has 5 rings (SSSR count). The van der Waals surface area contributed by atoms with Crippen molar-refractivity contribution >= 4 is 17.4 Å². The number of hydrogen-bond donors (Lipinski definition) is 0. The van der Waals surface area contributed by atoms with Crippen LogP contribution < -0.4 is 9.64 Å². The van der Waals surface area contributed by atoms with E-state index in [1.807, 2.05) is 48.5 Å². The minimum Gasteiger partial charge on any atom is -0.455 e. The number of benzene rings is 3. The highest BCUT2D eigenvalue weighted by Crippen LogP contribution is 2.37. The molecule has 3 aromatic rings. The molecule has 0 N–H and O–H groups in total. The highest BCUT2D eigenvalue weighted by Gasteiger charge is 2.27. The van der Waals surface area contributed by atoms with Crippen LogP contribution >= 0.6 is 0 Å². The second-order valence-corrected chi connectivity index (χ2v) is 7.64. The van der Waals surface area contributed by atoms with Gasteiger partial charge in [-0.3, -0.25) is 9.59 Å². The van der Waals surface area contributed by atoms with Crippen LogP contribution in [0.25, 0.3) is 0 Å². The zero-order chi connectivity index (χ0) is 21.2. The van der Waals surface area contributed by atoms with E-state index < -0.39 is 0 Å². The van der Waals surface area contributed by atoms with Gasteiger partial charge in [0, 0.05) is 16.7 Å². The molecule has 31 heavy (non-hydrogen) atoms. The number of carbonyl (C=O) groups excluding carboxylic acids is 2. The highest BCUT2D eigenvalue weighted by atomic mass is 16.5. The zero-order valence-corrected chi connectivity index (χ0v) is 17.0. The van der Waals surface area contributed by atoms with Crippen molar-refractivity contribution in [3.05, 3.63) is 119 Å². The highest BCUT2D eigenvalue weighted by molar-refractivity contribution is 6.11. The van der Waals surface area contributed by atoms with Gasteiger partial charge in [-0.05, 0) is 48.8 Å². The number of ketones is 1. The maximum absolute atomic E-state index is 13.5. The molecule has 0 bridgehead atoms. The Bertz CT molecular complexity index is 1210. The lowest BCUT2D eigenvalue weighted by molar-refractivity contribution is 0.0986. The van der Waals surface area contributed by atoms with Crippen molar-refractivity contribution in [3.63, 3.8) is 0 Å². The first-order valence-electron chi connectivity index (χ1n) is 10.4. The third-order valence-electron chi connectivity index (χ3n) is 5.63. The summed E-state index contributed by atoms with van der Waals surface area (Å²) in [6, 6.07) is 23.6. The Morgan fingerprint density at radius 2 is 1.45 bits per heavy atom. The summed E-state index contributed by atoms with van der Waals surface area (Å²) in [5, 5.41) is 0. The normalized spacial score (nSPS) is 14.9. The summed E-state index contributed by atoms with van der Waals surface area (Å²) in [4.78, 5) is 27.9. The Balaban J connectivity index is 1.46. The summed E-state index contributed by atoms with van der Waals surface area (Å²) in [6.45, 7) is 0.486. The number of allylic oxidation sites excluding steroid dienone is 2. The zero-order valence-electron chi connectivity index (χ0n) is 17.0. The Morgan fingerprint density at radius 3 is 2.26 bits per heavy atom. The quantitative estimate of drug-likeness (QED) is 0.534. The molecule has 0 saturated carbocycles. The topological polar surface area (TPSA) is 46.6 Å². The van der Waals surface area contributed by atoms with Gasteiger partial charge in [-0.25, -0.2) is 0 Å². The molecule has 2 aliphatic rings. The van der Waals surface area contributed by atoms with Gasteiger partial charge in [0.15, 0.2) is 11.5 Å². The van der Waals surface area contributed by atoms with Gasteiger partial charge in [-0.1, -0.05) is 60.7 Å². The molecule has 3 aromatic carbocycles. The van der Waals surface area contributed by atoms with Gasteiger partial charge in [0.2, 0.25) is 0 Å². The predicted octanol–water partition coefficient (Wildman–Crippen LogP) is 5.56. The number of rotatable bonds is 3. The second-order valence-electron chi connectivity index (χ2n) is 7.64. The van der Waals surface area contributed by atoms with Crippen LogP contribution in [0.2, 0.25) is 0 Å². The number of fused-ring (bicyclic) bond motifs is 1. The number of carbonyl (C=O) groups is 2. The predicted molar refractivity (Wildman–Crippen MR) is 120 cm³/mol. The van der Waals surface area contributed by atoms with Gasteiger partial charge in [0.05, 0.1) is 12.2 Å². The van der Waals surface area contributed by atoms with Crippen molar-refractivity contribution < 1.29 is 14.3 Å². The fraction of sp³-hybridized carbons (Fsp3) is 0.111. The SMILES string of the molecule is O=C(c1ccccc1)c1ccc(C(=O)N2CC3=C(C=CCC3)Oc3ccccc32)cc1. The third kappa shape index (κ3) is 3.68. The van der Waals surface area contributed by atoms with Crippen molar-refractivity contribution in [2.45, 2.75) is 12.8 Å². The first kappa shape index (κ1) is 19.1. The van der Waals surface area contributed by atoms with E-state index in [1.165, 1.54) is 0 Å². The molecule has 1 amide bonds. The van der Waals surface area contributed by atoms with E-state index in [-0.39, 0.29) is 11.7 Å². The van der Waals surface area contributed by atoms with Crippen LogP contribution in [-0.4, -0.2) is 18.2 Å². The fourth-order valence-corrected chi connectivity index (χ4v) is 3.97. The molecular weight excluding hydrogens is 386 g/mol. The van der Waals surface area contributed by atoms with Crippen LogP contribution in [0.5, 0.6) is 5.75 Å². The smallest absolute Gasteiger partial charge is 0.258 e.